The molecule has 3 N–H and O–H groups in total. The number of aryl methyl sites for hydroxylation is 2. The third-order valence-electron chi connectivity index (χ3n) is 5.72. The minimum atomic E-state index is -1.18. The van der Waals surface area contributed by atoms with E-state index in [9.17, 15) is 13.9 Å². The molecule has 0 spiro atoms. The Balaban J connectivity index is 1.88. The number of fused-ring (bicyclic) bond motifs is 1. The number of rotatable bonds is 5. The Hall–Kier alpha value is -3.60. The van der Waals surface area contributed by atoms with E-state index in [1.165, 1.54) is 12.1 Å². The highest BCUT2D eigenvalue weighted by Crippen LogP contribution is 2.34. The Kier molecular flexibility index (Phi) is 6.70. The maximum absolute atomic E-state index is 13.8. The van der Waals surface area contributed by atoms with Crippen LogP contribution >= 0.6 is 0 Å². The molecule has 0 aliphatic rings. The molecule has 0 saturated heterocycles. The molecule has 2 heterocycles. The molecule has 0 unspecified atom stereocenters. The molecule has 0 saturated carbocycles. The fraction of sp³-hybridized carbons (Fsp3) is 0.286. The second kappa shape index (κ2) is 9.57. The predicted octanol–water partition coefficient (Wildman–Crippen LogP) is 4.84. The molecule has 0 fully saturated rings. The van der Waals surface area contributed by atoms with Crippen molar-refractivity contribution in [1.82, 2.24) is 14.8 Å². The summed E-state index contributed by atoms with van der Waals surface area (Å²) in [4.78, 5) is 4.73. The van der Waals surface area contributed by atoms with Crippen molar-refractivity contribution in [1.29, 1.82) is 0 Å². The van der Waals surface area contributed by atoms with E-state index in [2.05, 4.69) is 23.9 Å². The lowest BCUT2D eigenvalue weighted by molar-refractivity contribution is 0.143. The van der Waals surface area contributed by atoms with Gasteiger partial charge in [-0.15, -0.1) is 0 Å². The summed E-state index contributed by atoms with van der Waals surface area (Å²) in [6.45, 7) is 5.24. The molecule has 0 radical (unpaired) electrons. The van der Waals surface area contributed by atoms with Gasteiger partial charge < -0.3 is 10.8 Å². The molecule has 7 heteroatoms. The van der Waals surface area contributed by atoms with E-state index >= 15 is 0 Å². The van der Waals surface area contributed by atoms with Crippen LogP contribution in [0.4, 0.5) is 8.78 Å². The second-order valence-corrected chi connectivity index (χ2v) is 9.15. The maximum Gasteiger partial charge on any atom is 0.126 e. The van der Waals surface area contributed by atoms with Crippen molar-refractivity contribution in [2.45, 2.75) is 45.3 Å². The molecule has 1 atom stereocenters. The second-order valence-electron chi connectivity index (χ2n) is 9.15. The van der Waals surface area contributed by atoms with Gasteiger partial charge in [-0.25, -0.2) is 13.8 Å². The number of nitrogens with two attached hydrogens (primary N) is 1. The van der Waals surface area contributed by atoms with Crippen LogP contribution in [-0.2, 0) is 19.9 Å². The number of halogens is 2. The Morgan fingerprint density at radius 2 is 1.80 bits per heavy atom. The molecule has 5 nitrogen and oxygen atoms in total. The molecular formula is C28H28F2N4O. The lowest BCUT2D eigenvalue weighted by Gasteiger charge is -2.18. The van der Waals surface area contributed by atoms with Crippen molar-refractivity contribution in [2.24, 2.45) is 12.8 Å². The van der Waals surface area contributed by atoms with Crippen LogP contribution in [0.15, 0.2) is 48.5 Å². The molecule has 180 valence electrons. The van der Waals surface area contributed by atoms with Crippen LogP contribution in [0, 0.1) is 23.5 Å². The summed E-state index contributed by atoms with van der Waals surface area (Å²) < 4.78 is 29.5. The Morgan fingerprint density at radius 1 is 1.09 bits per heavy atom. The van der Waals surface area contributed by atoms with Crippen LogP contribution in [-0.4, -0.2) is 25.5 Å². The third-order valence-corrected chi connectivity index (χ3v) is 5.72. The Morgan fingerprint density at radius 3 is 2.46 bits per heavy atom. The molecule has 0 amide bonds. The van der Waals surface area contributed by atoms with Gasteiger partial charge in [0.15, 0.2) is 0 Å². The minimum Gasteiger partial charge on any atom is -0.378 e. The van der Waals surface area contributed by atoms with Gasteiger partial charge in [0.25, 0.3) is 0 Å². The van der Waals surface area contributed by atoms with Crippen LogP contribution in [0.1, 0.15) is 49.5 Å². The summed E-state index contributed by atoms with van der Waals surface area (Å²) in [5.41, 5.74) is 10.5. The van der Waals surface area contributed by atoms with E-state index < -0.39 is 23.3 Å². The number of benzene rings is 2. The lowest BCUT2D eigenvalue weighted by atomic mass is 9.94. The predicted molar refractivity (Wildman–Crippen MR) is 133 cm³/mol. The molecule has 0 aliphatic heterocycles. The molecule has 0 bridgehead atoms. The molecule has 4 rings (SSSR count). The molecule has 35 heavy (non-hydrogen) atoms. The zero-order chi connectivity index (χ0) is 25.3. The van der Waals surface area contributed by atoms with E-state index in [0.717, 1.165) is 40.2 Å². The van der Waals surface area contributed by atoms with E-state index in [1.54, 1.807) is 19.9 Å². The van der Waals surface area contributed by atoms with Crippen LogP contribution in [0.2, 0.25) is 0 Å². The zero-order valence-corrected chi connectivity index (χ0v) is 20.2. The van der Waals surface area contributed by atoms with Gasteiger partial charge in [0.1, 0.15) is 22.9 Å². The topological polar surface area (TPSA) is 77.0 Å². The van der Waals surface area contributed by atoms with Gasteiger partial charge in [-0.2, -0.15) is 5.10 Å². The van der Waals surface area contributed by atoms with Gasteiger partial charge in [-0.3, -0.25) is 4.68 Å². The molecular weight excluding hydrogens is 446 g/mol. The lowest BCUT2D eigenvalue weighted by Crippen LogP contribution is -2.17. The van der Waals surface area contributed by atoms with Crippen LogP contribution in [0.5, 0.6) is 0 Å². The van der Waals surface area contributed by atoms with Crippen molar-refractivity contribution >= 4 is 10.9 Å². The van der Waals surface area contributed by atoms with E-state index in [-0.39, 0.29) is 6.42 Å². The van der Waals surface area contributed by atoms with Crippen molar-refractivity contribution < 1.29 is 13.9 Å². The fourth-order valence-corrected chi connectivity index (χ4v) is 4.24. The highest BCUT2D eigenvalue weighted by atomic mass is 19.1. The van der Waals surface area contributed by atoms with Gasteiger partial charge >= 0.3 is 0 Å². The van der Waals surface area contributed by atoms with E-state index in [0.29, 0.717) is 17.0 Å². The van der Waals surface area contributed by atoms with Crippen LogP contribution in [0.25, 0.3) is 22.0 Å². The fourth-order valence-electron chi connectivity index (χ4n) is 4.24. The number of hydrogen-bond donors (Lipinski definition) is 2. The number of para-hydroxylation sites is 1. The van der Waals surface area contributed by atoms with Crippen LogP contribution in [0.3, 0.4) is 0 Å². The maximum atomic E-state index is 13.8. The first kappa shape index (κ1) is 24.5. The summed E-state index contributed by atoms with van der Waals surface area (Å²) in [5, 5.41) is 15.7. The molecule has 4 aromatic rings. The van der Waals surface area contributed by atoms with Crippen molar-refractivity contribution in [2.75, 3.05) is 0 Å². The Bertz CT molecular complexity index is 1440. The largest absolute Gasteiger partial charge is 0.378 e. The van der Waals surface area contributed by atoms with Gasteiger partial charge in [-0.1, -0.05) is 31.0 Å². The van der Waals surface area contributed by atoms with Crippen molar-refractivity contribution in [3.05, 3.63) is 82.8 Å². The van der Waals surface area contributed by atoms with Gasteiger partial charge in [-0.05, 0) is 62.4 Å². The quantitative estimate of drug-likeness (QED) is 0.406. The van der Waals surface area contributed by atoms with E-state index in [4.69, 9.17) is 10.7 Å². The summed E-state index contributed by atoms with van der Waals surface area (Å²) in [6, 6.07) is 12.4. The first-order valence-corrected chi connectivity index (χ1v) is 11.5. The normalized spacial score (nSPS) is 12.5. The molecule has 2 aromatic heterocycles. The number of nitrogens with zero attached hydrogens (tertiary/aromatic N) is 3. The Labute approximate surface area is 203 Å². The SMILES string of the molecule is CCc1nn(C)c2c(-c3ccc(C#CC(C)(C)O)nc3[C@@H](N)Cc3cc(F)cc(F)c3)cccc12. The smallest absolute Gasteiger partial charge is 0.126 e. The summed E-state index contributed by atoms with van der Waals surface area (Å²) >= 11 is 0. The summed E-state index contributed by atoms with van der Waals surface area (Å²) in [5.74, 6) is 4.35. The van der Waals surface area contributed by atoms with Gasteiger partial charge in [0, 0.05) is 29.6 Å². The number of aromatic nitrogens is 3. The monoisotopic (exact) mass is 474 g/mol. The number of pyridine rings is 1. The number of aliphatic hydroxyl groups is 1. The van der Waals surface area contributed by atoms with E-state index in [1.807, 2.05) is 36.0 Å². The van der Waals surface area contributed by atoms with Crippen molar-refractivity contribution in [3.63, 3.8) is 0 Å². The van der Waals surface area contributed by atoms with Crippen molar-refractivity contribution in [3.8, 4) is 23.0 Å². The zero-order valence-electron chi connectivity index (χ0n) is 20.2. The molecule has 2 aromatic carbocycles. The number of hydrogen-bond acceptors (Lipinski definition) is 4. The summed E-state index contributed by atoms with van der Waals surface area (Å²) in [7, 11) is 1.90. The third kappa shape index (κ3) is 5.40. The highest BCUT2D eigenvalue weighted by molar-refractivity contribution is 5.96. The summed E-state index contributed by atoms with van der Waals surface area (Å²) in [6.07, 6.45) is 0.973. The van der Waals surface area contributed by atoms with Crippen LogP contribution < -0.4 is 5.73 Å². The first-order chi connectivity index (χ1) is 16.6. The highest BCUT2D eigenvalue weighted by Gasteiger charge is 2.20. The standard InChI is InChI=1S/C28H28F2N4O/c1-5-25-23-8-6-7-22(27(23)34(4)33-25)21-10-9-20(11-12-28(2,3)35)32-26(21)24(31)15-17-13-18(29)16-19(30)14-17/h6-10,13-14,16,24,35H,5,15,31H2,1-4H3/t24-/m0/s1. The van der Waals surface area contributed by atoms with Gasteiger partial charge in [0.05, 0.1) is 22.9 Å². The van der Waals surface area contributed by atoms with Gasteiger partial charge in [0.2, 0.25) is 0 Å². The average molecular weight is 475 g/mol. The molecule has 0 aliphatic carbocycles. The first-order valence-electron chi connectivity index (χ1n) is 11.5. The minimum absolute atomic E-state index is 0.179. The average Bonchev–Trinajstić information content (AvgIpc) is 3.12.